The molecule has 3 rings (SSSR count). The molecule has 0 aliphatic heterocycles. The molecule has 0 aliphatic rings. The molecule has 1 aromatic carbocycles. The molecule has 0 amide bonds. The summed E-state index contributed by atoms with van der Waals surface area (Å²) in [5.74, 6) is 1.16. The van der Waals surface area contributed by atoms with Gasteiger partial charge < -0.3 is 9.84 Å². The minimum atomic E-state index is -0.113. The van der Waals surface area contributed by atoms with Gasteiger partial charge in [0.15, 0.2) is 5.82 Å². The van der Waals surface area contributed by atoms with Crippen molar-refractivity contribution in [2.45, 2.75) is 25.8 Å². The molecule has 3 aromatic rings. The number of hydrogen-bond donors (Lipinski definition) is 1. The van der Waals surface area contributed by atoms with Crippen LogP contribution in [0.5, 0.6) is 0 Å². The van der Waals surface area contributed by atoms with Gasteiger partial charge >= 0.3 is 0 Å². The lowest BCUT2D eigenvalue weighted by Gasteiger charge is -2.06. The highest BCUT2D eigenvalue weighted by atomic mass is 16.5. The van der Waals surface area contributed by atoms with Gasteiger partial charge in [-0.3, -0.25) is 4.79 Å². The summed E-state index contributed by atoms with van der Waals surface area (Å²) in [7, 11) is 3.54. The van der Waals surface area contributed by atoms with Gasteiger partial charge in [-0.05, 0) is 20.0 Å². The van der Waals surface area contributed by atoms with Crippen molar-refractivity contribution in [2.24, 2.45) is 7.05 Å². The smallest absolute Gasteiger partial charge is 0.274 e. The first-order valence-corrected chi connectivity index (χ1v) is 7.52. The molecule has 0 aliphatic carbocycles. The first-order valence-electron chi connectivity index (χ1n) is 7.52. The van der Waals surface area contributed by atoms with E-state index in [-0.39, 0.29) is 11.6 Å². The Kier molecular flexibility index (Phi) is 4.20. The van der Waals surface area contributed by atoms with Crippen molar-refractivity contribution in [3.05, 3.63) is 52.0 Å². The highest BCUT2D eigenvalue weighted by Gasteiger charge is 2.14. The van der Waals surface area contributed by atoms with Crippen molar-refractivity contribution >= 4 is 10.8 Å². The molecule has 1 atom stereocenters. The van der Waals surface area contributed by atoms with Crippen molar-refractivity contribution in [1.29, 1.82) is 0 Å². The Hall–Kier alpha value is -2.54. The normalized spacial score (nSPS) is 12.7. The summed E-state index contributed by atoms with van der Waals surface area (Å²) in [5.41, 5.74) is 0.637. The van der Waals surface area contributed by atoms with E-state index in [1.54, 1.807) is 13.1 Å². The molecule has 7 nitrogen and oxygen atoms in total. The molecule has 0 radical (unpaired) electrons. The van der Waals surface area contributed by atoms with Crippen LogP contribution in [0.25, 0.3) is 10.8 Å². The summed E-state index contributed by atoms with van der Waals surface area (Å²) < 4.78 is 6.66. The molecule has 0 fully saturated rings. The van der Waals surface area contributed by atoms with E-state index in [0.717, 1.165) is 11.1 Å². The van der Waals surface area contributed by atoms with E-state index in [1.165, 1.54) is 4.68 Å². The fourth-order valence-corrected chi connectivity index (χ4v) is 2.47. The van der Waals surface area contributed by atoms with Crippen molar-refractivity contribution in [2.75, 3.05) is 7.05 Å². The second-order valence-electron chi connectivity index (χ2n) is 5.60. The number of fused-ring (bicyclic) bond motifs is 1. The summed E-state index contributed by atoms with van der Waals surface area (Å²) in [6.07, 6.45) is 1.09. The minimum Gasteiger partial charge on any atom is -0.339 e. The monoisotopic (exact) mass is 313 g/mol. The van der Waals surface area contributed by atoms with Gasteiger partial charge in [-0.1, -0.05) is 23.4 Å². The van der Waals surface area contributed by atoms with Crippen LogP contribution >= 0.6 is 0 Å². The van der Waals surface area contributed by atoms with Gasteiger partial charge in [-0.2, -0.15) is 10.1 Å². The van der Waals surface area contributed by atoms with E-state index >= 15 is 0 Å². The molecule has 2 aromatic heterocycles. The fourth-order valence-electron chi connectivity index (χ4n) is 2.47. The number of aryl methyl sites for hydroxylation is 1. The molecular weight excluding hydrogens is 294 g/mol. The van der Waals surface area contributed by atoms with Crippen molar-refractivity contribution in [3.63, 3.8) is 0 Å². The Morgan fingerprint density at radius 3 is 2.78 bits per heavy atom. The average molecular weight is 313 g/mol. The van der Waals surface area contributed by atoms with Crippen LogP contribution in [0.3, 0.4) is 0 Å². The Labute approximate surface area is 133 Å². The standard InChI is InChI=1S/C16H19N5O2/c1-10(17-2)8-14-18-15(23-20-14)9-13-11-6-4-5-7-12(11)16(22)21(3)19-13/h4-7,10,17H,8-9H2,1-3H3. The Balaban J connectivity index is 1.93. The van der Waals surface area contributed by atoms with E-state index in [4.69, 9.17) is 4.52 Å². The third kappa shape index (κ3) is 3.14. The van der Waals surface area contributed by atoms with E-state index in [0.29, 0.717) is 29.9 Å². The van der Waals surface area contributed by atoms with Crippen molar-refractivity contribution in [1.82, 2.24) is 25.2 Å². The maximum absolute atomic E-state index is 12.1. The Morgan fingerprint density at radius 2 is 2.04 bits per heavy atom. The predicted octanol–water partition coefficient (Wildman–Crippen LogP) is 1.06. The van der Waals surface area contributed by atoms with Crippen LogP contribution in [0.2, 0.25) is 0 Å². The van der Waals surface area contributed by atoms with Crippen LogP contribution in [-0.4, -0.2) is 33.0 Å². The summed E-state index contributed by atoms with van der Waals surface area (Å²) >= 11 is 0. The van der Waals surface area contributed by atoms with E-state index in [2.05, 4.69) is 27.5 Å². The van der Waals surface area contributed by atoms with E-state index in [1.807, 2.05) is 25.2 Å². The molecule has 7 heteroatoms. The van der Waals surface area contributed by atoms with Crippen LogP contribution in [0.4, 0.5) is 0 Å². The largest absolute Gasteiger partial charge is 0.339 e. The third-order valence-corrected chi connectivity index (χ3v) is 3.84. The number of benzene rings is 1. The van der Waals surface area contributed by atoms with E-state index < -0.39 is 0 Å². The first kappa shape index (κ1) is 15.4. The van der Waals surface area contributed by atoms with Crippen molar-refractivity contribution < 1.29 is 4.52 Å². The second-order valence-corrected chi connectivity index (χ2v) is 5.60. The first-order chi connectivity index (χ1) is 11.1. The van der Waals surface area contributed by atoms with Crippen LogP contribution < -0.4 is 10.9 Å². The molecule has 120 valence electrons. The molecule has 23 heavy (non-hydrogen) atoms. The summed E-state index contributed by atoms with van der Waals surface area (Å²) in [5, 5.41) is 12.9. The Morgan fingerprint density at radius 1 is 1.30 bits per heavy atom. The molecule has 1 N–H and O–H groups in total. The van der Waals surface area contributed by atoms with Gasteiger partial charge in [0.25, 0.3) is 5.56 Å². The molecular formula is C16H19N5O2. The molecule has 0 bridgehead atoms. The van der Waals surface area contributed by atoms with Gasteiger partial charge in [0.05, 0.1) is 17.5 Å². The summed E-state index contributed by atoms with van der Waals surface area (Å²) in [6.45, 7) is 2.05. The van der Waals surface area contributed by atoms with Gasteiger partial charge in [-0.25, -0.2) is 4.68 Å². The zero-order chi connectivity index (χ0) is 16.4. The molecule has 0 spiro atoms. The number of likely N-dealkylation sites (N-methyl/N-ethyl adjacent to an activating group) is 1. The predicted molar refractivity (Wildman–Crippen MR) is 86.3 cm³/mol. The van der Waals surface area contributed by atoms with Crippen LogP contribution in [0.15, 0.2) is 33.6 Å². The van der Waals surface area contributed by atoms with Crippen LogP contribution in [-0.2, 0) is 19.9 Å². The molecule has 2 heterocycles. The number of aromatic nitrogens is 4. The number of nitrogens with zero attached hydrogens (tertiary/aromatic N) is 4. The van der Waals surface area contributed by atoms with Crippen LogP contribution in [0.1, 0.15) is 24.3 Å². The zero-order valence-electron chi connectivity index (χ0n) is 13.4. The second kappa shape index (κ2) is 6.29. The number of nitrogens with one attached hydrogen (secondary N) is 1. The molecule has 1 unspecified atom stereocenters. The lowest BCUT2D eigenvalue weighted by molar-refractivity contribution is 0.376. The fraction of sp³-hybridized carbons (Fsp3) is 0.375. The third-order valence-electron chi connectivity index (χ3n) is 3.84. The van der Waals surface area contributed by atoms with Gasteiger partial charge in [0.2, 0.25) is 5.89 Å². The highest BCUT2D eigenvalue weighted by Crippen LogP contribution is 2.16. The molecule has 0 saturated heterocycles. The topological polar surface area (TPSA) is 85.8 Å². The Bertz CT molecular complexity index is 884. The maximum atomic E-state index is 12.1. The zero-order valence-corrected chi connectivity index (χ0v) is 13.4. The molecule has 0 saturated carbocycles. The maximum Gasteiger partial charge on any atom is 0.274 e. The van der Waals surface area contributed by atoms with Gasteiger partial charge in [-0.15, -0.1) is 0 Å². The summed E-state index contributed by atoms with van der Waals surface area (Å²) in [4.78, 5) is 16.5. The van der Waals surface area contributed by atoms with Crippen LogP contribution in [0, 0.1) is 0 Å². The lowest BCUT2D eigenvalue weighted by atomic mass is 10.1. The van der Waals surface area contributed by atoms with Gasteiger partial charge in [0.1, 0.15) is 0 Å². The average Bonchev–Trinajstić information content (AvgIpc) is 2.99. The number of hydrogen-bond acceptors (Lipinski definition) is 6. The highest BCUT2D eigenvalue weighted by molar-refractivity contribution is 5.83. The number of rotatable bonds is 5. The van der Waals surface area contributed by atoms with Gasteiger partial charge in [0, 0.05) is 24.9 Å². The van der Waals surface area contributed by atoms with Crippen molar-refractivity contribution in [3.8, 4) is 0 Å². The minimum absolute atomic E-state index is 0.113. The quantitative estimate of drug-likeness (QED) is 0.758. The van der Waals surface area contributed by atoms with E-state index in [9.17, 15) is 4.79 Å². The SMILES string of the molecule is CNC(C)Cc1noc(Cc2nn(C)c(=O)c3ccccc23)n1. The summed E-state index contributed by atoms with van der Waals surface area (Å²) in [6, 6.07) is 7.70. The lowest BCUT2D eigenvalue weighted by Crippen LogP contribution is -2.24.